The second-order valence-electron chi connectivity index (χ2n) is 4.04. The fraction of sp³-hybridized carbons (Fsp3) is 0.385. The van der Waals surface area contributed by atoms with Crippen LogP contribution in [0.1, 0.15) is 32.1 Å². The van der Waals surface area contributed by atoms with Crippen molar-refractivity contribution in [1.82, 2.24) is 11.0 Å². The van der Waals surface area contributed by atoms with Gasteiger partial charge >= 0.3 is 0 Å². The summed E-state index contributed by atoms with van der Waals surface area (Å²) in [6.45, 7) is 0. The van der Waals surface area contributed by atoms with E-state index in [9.17, 15) is 9.59 Å². The number of amides is 2. The lowest BCUT2D eigenvalue weighted by atomic mass is 10.1. The molecule has 19 heavy (non-hydrogen) atoms. The fourth-order valence-electron chi connectivity index (χ4n) is 1.46. The summed E-state index contributed by atoms with van der Waals surface area (Å²) in [6.07, 6.45) is 2.65. The second-order valence-corrected chi connectivity index (χ2v) is 4.04. The molecule has 2 amide bonds. The number of unbranched alkanes of at least 4 members (excludes halogenated alkanes) is 2. The number of nitrogens with one attached hydrogen (secondary N) is 2. The maximum absolute atomic E-state index is 11.4. The van der Waals surface area contributed by atoms with Crippen molar-refractivity contribution in [2.75, 3.05) is 0 Å². The van der Waals surface area contributed by atoms with Crippen LogP contribution >= 0.6 is 0 Å². The van der Waals surface area contributed by atoms with Gasteiger partial charge in [-0.05, 0) is 25.0 Å². The molecule has 1 aromatic rings. The number of benzene rings is 1. The lowest BCUT2D eigenvalue weighted by molar-refractivity contribution is -0.129. The van der Waals surface area contributed by atoms with Gasteiger partial charge in [-0.1, -0.05) is 24.6 Å². The van der Waals surface area contributed by atoms with Crippen LogP contribution in [-0.4, -0.2) is 17.0 Å². The monoisotopic (exact) mass is 266 g/mol. The zero-order valence-corrected chi connectivity index (χ0v) is 10.6. The average molecular weight is 266 g/mol. The van der Waals surface area contributed by atoms with Gasteiger partial charge in [0.1, 0.15) is 0 Å². The molecular weight excluding hydrogens is 248 g/mol. The quantitative estimate of drug-likeness (QED) is 0.378. The molecule has 6 nitrogen and oxygen atoms in total. The molecule has 0 saturated heterocycles. The minimum atomic E-state index is -0.406. The topological polar surface area (TPSA) is 87.7 Å². The highest BCUT2D eigenvalue weighted by molar-refractivity contribution is 5.75. The SMILES string of the molecule is O=C(CCCCCC(=O)NOc1ccccc1)NO. The van der Waals surface area contributed by atoms with Gasteiger partial charge in [0.15, 0.2) is 5.75 Å². The molecule has 0 bridgehead atoms. The van der Waals surface area contributed by atoms with Gasteiger partial charge in [0, 0.05) is 12.8 Å². The summed E-state index contributed by atoms with van der Waals surface area (Å²) in [7, 11) is 0. The van der Waals surface area contributed by atoms with Crippen LogP contribution in [0.25, 0.3) is 0 Å². The first kappa shape index (κ1) is 15.0. The Kier molecular flexibility index (Phi) is 7.04. The lowest BCUT2D eigenvalue weighted by Crippen LogP contribution is -2.26. The first-order chi connectivity index (χ1) is 9.22. The Morgan fingerprint density at radius 2 is 1.63 bits per heavy atom. The summed E-state index contributed by atoms with van der Waals surface area (Å²) in [5.74, 6) is -0.0252. The van der Waals surface area contributed by atoms with Crippen LogP contribution < -0.4 is 15.8 Å². The molecule has 6 heteroatoms. The summed E-state index contributed by atoms with van der Waals surface area (Å²) in [6, 6.07) is 8.97. The summed E-state index contributed by atoms with van der Waals surface area (Å²) in [4.78, 5) is 27.2. The Labute approximate surface area is 111 Å². The predicted octanol–water partition coefficient (Wildman–Crippen LogP) is 1.55. The highest BCUT2D eigenvalue weighted by Gasteiger charge is 2.03. The minimum absolute atomic E-state index is 0.199. The minimum Gasteiger partial charge on any atom is -0.380 e. The summed E-state index contributed by atoms with van der Waals surface area (Å²) >= 11 is 0. The molecule has 104 valence electrons. The Bertz CT molecular complexity index is 395. The van der Waals surface area contributed by atoms with E-state index in [1.165, 1.54) is 0 Å². The Balaban J connectivity index is 2.04. The molecule has 0 unspecified atom stereocenters. The van der Waals surface area contributed by atoms with Crippen LogP contribution in [0, 0.1) is 0 Å². The number of rotatable bonds is 8. The molecule has 0 aliphatic heterocycles. The molecule has 0 saturated carbocycles. The van der Waals surface area contributed by atoms with Crippen LogP contribution in [0.15, 0.2) is 30.3 Å². The van der Waals surface area contributed by atoms with E-state index in [-0.39, 0.29) is 12.3 Å². The van der Waals surface area contributed by atoms with Crippen molar-refractivity contribution >= 4 is 11.8 Å². The van der Waals surface area contributed by atoms with Gasteiger partial charge < -0.3 is 4.84 Å². The second kappa shape index (κ2) is 8.93. The largest absolute Gasteiger partial charge is 0.380 e. The van der Waals surface area contributed by atoms with Gasteiger partial charge in [-0.2, -0.15) is 5.48 Å². The van der Waals surface area contributed by atoms with Gasteiger partial charge in [0.2, 0.25) is 5.91 Å². The van der Waals surface area contributed by atoms with Gasteiger partial charge in [-0.3, -0.25) is 14.8 Å². The zero-order valence-electron chi connectivity index (χ0n) is 10.6. The lowest BCUT2D eigenvalue weighted by Gasteiger charge is -2.06. The highest BCUT2D eigenvalue weighted by Crippen LogP contribution is 2.07. The van der Waals surface area contributed by atoms with E-state index in [1.807, 2.05) is 18.2 Å². The van der Waals surface area contributed by atoms with E-state index in [4.69, 9.17) is 10.0 Å². The average Bonchev–Trinajstić information content (AvgIpc) is 2.45. The van der Waals surface area contributed by atoms with Crippen LogP contribution in [0.4, 0.5) is 0 Å². The van der Waals surface area contributed by atoms with Crippen LogP contribution in [0.5, 0.6) is 5.75 Å². The molecule has 0 aliphatic rings. The van der Waals surface area contributed by atoms with E-state index in [2.05, 4.69) is 5.48 Å². The Morgan fingerprint density at radius 1 is 1.00 bits per heavy atom. The molecule has 0 radical (unpaired) electrons. The van der Waals surface area contributed by atoms with Gasteiger partial charge in [-0.25, -0.2) is 5.48 Å². The number of para-hydroxylation sites is 1. The van der Waals surface area contributed by atoms with E-state index >= 15 is 0 Å². The van der Waals surface area contributed by atoms with Crippen LogP contribution in [-0.2, 0) is 9.59 Å². The van der Waals surface area contributed by atoms with Crippen molar-refractivity contribution in [3.8, 4) is 5.75 Å². The standard InChI is InChI=1S/C13H18N2O4/c16-12(14-18)9-5-2-6-10-13(17)15-19-11-7-3-1-4-8-11/h1,3-4,7-8,18H,2,5-6,9-10H2,(H,14,16)(H,15,17). The molecular formula is C13H18N2O4. The normalized spacial score (nSPS) is 9.74. The van der Waals surface area contributed by atoms with E-state index in [0.29, 0.717) is 25.0 Å². The number of hydrogen-bond donors (Lipinski definition) is 3. The molecule has 0 spiro atoms. The van der Waals surface area contributed by atoms with Crippen molar-refractivity contribution in [2.45, 2.75) is 32.1 Å². The van der Waals surface area contributed by atoms with Crippen molar-refractivity contribution in [2.24, 2.45) is 0 Å². The Hall–Kier alpha value is -2.08. The summed E-state index contributed by atoms with van der Waals surface area (Å²) < 4.78 is 0. The van der Waals surface area contributed by atoms with Crippen molar-refractivity contribution in [3.63, 3.8) is 0 Å². The number of carbonyl (C=O) groups is 2. The molecule has 0 fully saturated rings. The molecule has 1 rings (SSSR count). The molecule has 0 aromatic heterocycles. The third-order valence-electron chi connectivity index (χ3n) is 2.46. The summed E-state index contributed by atoms with van der Waals surface area (Å²) in [5, 5.41) is 8.28. The summed E-state index contributed by atoms with van der Waals surface area (Å²) in [5.41, 5.74) is 3.92. The smallest absolute Gasteiger partial charge is 0.252 e. The van der Waals surface area contributed by atoms with Crippen LogP contribution in [0.3, 0.4) is 0 Å². The first-order valence-corrected chi connectivity index (χ1v) is 6.16. The van der Waals surface area contributed by atoms with Crippen LogP contribution in [0.2, 0.25) is 0 Å². The number of carbonyl (C=O) groups excluding carboxylic acids is 2. The van der Waals surface area contributed by atoms with Gasteiger partial charge in [-0.15, -0.1) is 0 Å². The molecule has 0 heterocycles. The maximum atomic E-state index is 11.4. The van der Waals surface area contributed by atoms with E-state index in [1.54, 1.807) is 17.6 Å². The van der Waals surface area contributed by atoms with Crippen molar-refractivity contribution in [1.29, 1.82) is 0 Å². The Morgan fingerprint density at radius 3 is 2.26 bits per heavy atom. The van der Waals surface area contributed by atoms with Crippen molar-refractivity contribution < 1.29 is 19.6 Å². The molecule has 0 aliphatic carbocycles. The number of hydroxylamine groups is 2. The fourth-order valence-corrected chi connectivity index (χ4v) is 1.46. The zero-order chi connectivity index (χ0) is 13.9. The van der Waals surface area contributed by atoms with Gasteiger partial charge in [0.25, 0.3) is 5.91 Å². The van der Waals surface area contributed by atoms with E-state index in [0.717, 1.165) is 6.42 Å². The third-order valence-corrected chi connectivity index (χ3v) is 2.46. The molecule has 0 atom stereocenters. The van der Waals surface area contributed by atoms with Gasteiger partial charge in [0.05, 0.1) is 0 Å². The number of hydrogen-bond acceptors (Lipinski definition) is 4. The van der Waals surface area contributed by atoms with Crippen molar-refractivity contribution in [3.05, 3.63) is 30.3 Å². The highest BCUT2D eigenvalue weighted by atomic mass is 16.7. The first-order valence-electron chi connectivity index (χ1n) is 6.16. The third kappa shape index (κ3) is 7.05. The molecule has 3 N–H and O–H groups in total. The predicted molar refractivity (Wildman–Crippen MR) is 68.2 cm³/mol. The molecule has 1 aromatic carbocycles. The van der Waals surface area contributed by atoms with E-state index < -0.39 is 5.91 Å². The maximum Gasteiger partial charge on any atom is 0.252 e.